The third-order valence-corrected chi connectivity index (χ3v) is 3.18. The third-order valence-electron chi connectivity index (χ3n) is 3.18. The second-order valence-electron chi connectivity index (χ2n) is 4.87. The van der Waals surface area contributed by atoms with Crippen LogP contribution in [0, 0.1) is 11.3 Å². The average Bonchev–Trinajstić information content (AvgIpc) is 2.84. The van der Waals surface area contributed by atoms with E-state index in [0.29, 0.717) is 17.2 Å². The standard InChI is InChI=1S/C11H15N3O2/c1-11(2)5-7(11)6-12-9-8(10(15)16)3-4-13-14-9/h3-4,7H,5-6H2,1-2H3,(H,12,14)(H,15,16). The monoisotopic (exact) mass is 221 g/mol. The lowest BCUT2D eigenvalue weighted by Crippen LogP contribution is -2.13. The van der Waals surface area contributed by atoms with Crippen LogP contribution in [0.2, 0.25) is 0 Å². The molecule has 0 spiro atoms. The summed E-state index contributed by atoms with van der Waals surface area (Å²) in [5.74, 6) is -0.0266. The summed E-state index contributed by atoms with van der Waals surface area (Å²) in [5, 5.41) is 19.5. The van der Waals surface area contributed by atoms with E-state index in [1.807, 2.05) is 0 Å². The molecule has 0 aliphatic heterocycles. The van der Waals surface area contributed by atoms with E-state index in [-0.39, 0.29) is 5.56 Å². The minimum absolute atomic E-state index is 0.174. The first kappa shape index (κ1) is 10.9. The van der Waals surface area contributed by atoms with E-state index in [4.69, 9.17) is 5.11 Å². The number of hydrogen-bond donors (Lipinski definition) is 2. The summed E-state index contributed by atoms with van der Waals surface area (Å²) in [6.07, 6.45) is 2.55. The number of anilines is 1. The fourth-order valence-corrected chi connectivity index (χ4v) is 1.78. The van der Waals surface area contributed by atoms with Gasteiger partial charge in [-0.15, -0.1) is 5.10 Å². The van der Waals surface area contributed by atoms with Crippen molar-refractivity contribution in [2.45, 2.75) is 20.3 Å². The molecule has 1 unspecified atom stereocenters. The Morgan fingerprint density at radius 2 is 2.38 bits per heavy atom. The molecule has 1 aromatic rings. The molecule has 1 heterocycles. The summed E-state index contributed by atoms with van der Waals surface area (Å²) >= 11 is 0. The molecule has 0 aromatic carbocycles. The molecule has 0 saturated heterocycles. The van der Waals surface area contributed by atoms with E-state index in [1.165, 1.54) is 18.7 Å². The first-order chi connectivity index (χ1) is 7.50. The van der Waals surface area contributed by atoms with Gasteiger partial charge in [-0.1, -0.05) is 13.8 Å². The zero-order chi connectivity index (χ0) is 11.8. The lowest BCUT2D eigenvalue weighted by molar-refractivity contribution is 0.0697. The lowest BCUT2D eigenvalue weighted by Gasteiger charge is -2.08. The predicted octanol–water partition coefficient (Wildman–Crippen LogP) is 1.63. The summed E-state index contributed by atoms with van der Waals surface area (Å²) in [7, 11) is 0. The van der Waals surface area contributed by atoms with Gasteiger partial charge in [0, 0.05) is 6.54 Å². The molecule has 5 heteroatoms. The molecule has 2 N–H and O–H groups in total. The summed E-state index contributed by atoms with van der Waals surface area (Å²) < 4.78 is 0. The number of nitrogens with zero attached hydrogens (tertiary/aromatic N) is 2. The number of carboxylic acids is 1. The average molecular weight is 221 g/mol. The zero-order valence-corrected chi connectivity index (χ0v) is 9.40. The predicted molar refractivity (Wildman–Crippen MR) is 59.4 cm³/mol. The summed E-state index contributed by atoms with van der Waals surface area (Å²) in [6.45, 7) is 5.16. The molecule has 86 valence electrons. The summed E-state index contributed by atoms with van der Waals surface area (Å²) in [5.41, 5.74) is 0.548. The fraction of sp³-hybridized carbons (Fsp3) is 0.545. The highest BCUT2D eigenvalue weighted by Gasteiger charge is 2.45. The van der Waals surface area contributed by atoms with Crippen LogP contribution in [0.5, 0.6) is 0 Å². The maximum absolute atomic E-state index is 10.9. The van der Waals surface area contributed by atoms with E-state index in [0.717, 1.165) is 6.54 Å². The molecule has 1 aliphatic carbocycles. The molecule has 0 radical (unpaired) electrons. The first-order valence-corrected chi connectivity index (χ1v) is 5.29. The number of aromatic nitrogens is 2. The minimum atomic E-state index is -0.979. The van der Waals surface area contributed by atoms with E-state index in [1.54, 1.807) is 0 Å². The molecule has 0 bridgehead atoms. The van der Waals surface area contributed by atoms with Crippen LogP contribution in [0.25, 0.3) is 0 Å². The van der Waals surface area contributed by atoms with Gasteiger partial charge in [0.15, 0.2) is 5.82 Å². The molecular formula is C11H15N3O2. The van der Waals surface area contributed by atoms with Crippen molar-refractivity contribution < 1.29 is 9.90 Å². The van der Waals surface area contributed by atoms with Crippen LogP contribution < -0.4 is 5.32 Å². The smallest absolute Gasteiger partial charge is 0.339 e. The second kappa shape index (κ2) is 3.73. The Kier molecular flexibility index (Phi) is 2.53. The zero-order valence-electron chi connectivity index (χ0n) is 9.40. The van der Waals surface area contributed by atoms with Crippen LogP contribution in [0.15, 0.2) is 12.3 Å². The van der Waals surface area contributed by atoms with E-state index in [9.17, 15) is 4.79 Å². The highest BCUT2D eigenvalue weighted by Crippen LogP contribution is 2.51. The van der Waals surface area contributed by atoms with Crippen LogP contribution in [0.4, 0.5) is 5.82 Å². The van der Waals surface area contributed by atoms with Gasteiger partial charge in [-0.2, -0.15) is 5.10 Å². The van der Waals surface area contributed by atoms with Gasteiger partial charge < -0.3 is 10.4 Å². The lowest BCUT2D eigenvalue weighted by atomic mass is 10.1. The highest BCUT2D eigenvalue weighted by molar-refractivity contribution is 5.92. The van der Waals surface area contributed by atoms with Crippen molar-refractivity contribution in [1.82, 2.24) is 10.2 Å². The second-order valence-corrected chi connectivity index (χ2v) is 4.87. The fourth-order valence-electron chi connectivity index (χ4n) is 1.78. The summed E-state index contributed by atoms with van der Waals surface area (Å²) in [6, 6.07) is 1.45. The van der Waals surface area contributed by atoms with E-state index < -0.39 is 5.97 Å². The topological polar surface area (TPSA) is 75.1 Å². The van der Waals surface area contributed by atoms with Crippen LogP contribution in [-0.4, -0.2) is 27.8 Å². The Morgan fingerprint density at radius 1 is 1.69 bits per heavy atom. The van der Waals surface area contributed by atoms with Gasteiger partial charge in [-0.3, -0.25) is 0 Å². The van der Waals surface area contributed by atoms with Crippen molar-refractivity contribution in [1.29, 1.82) is 0 Å². The third kappa shape index (κ3) is 2.13. The maximum Gasteiger partial charge on any atom is 0.339 e. The molecule has 2 rings (SSSR count). The first-order valence-electron chi connectivity index (χ1n) is 5.29. The van der Waals surface area contributed by atoms with Gasteiger partial charge in [0.1, 0.15) is 5.56 Å². The Morgan fingerprint density at radius 3 is 2.94 bits per heavy atom. The molecule has 0 amide bonds. The van der Waals surface area contributed by atoms with Gasteiger partial charge in [0.05, 0.1) is 6.20 Å². The largest absolute Gasteiger partial charge is 0.478 e. The minimum Gasteiger partial charge on any atom is -0.478 e. The molecule has 1 atom stereocenters. The normalized spacial score (nSPS) is 21.5. The number of carbonyl (C=O) groups is 1. The van der Waals surface area contributed by atoms with Crippen LogP contribution in [0.3, 0.4) is 0 Å². The number of rotatable bonds is 4. The maximum atomic E-state index is 10.9. The number of nitrogens with one attached hydrogen (secondary N) is 1. The van der Waals surface area contributed by atoms with Crippen molar-refractivity contribution >= 4 is 11.8 Å². The Hall–Kier alpha value is -1.65. The van der Waals surface area contributed by atoms with Gasteiger partial charge in [-0.25, -0.2) is 4.79 Å². The van der Waals surface area contributed by atoms with E-state index >= 15 is 0 Å². The highest BCUT2D eigenvalue weighted by atomic mass is 16.4. The van der Waals surface area contributed by atoms with Crippen molar-refractivity contribution in [2.24, 2.45) is 11.3 Å². The Balaban J connectivity index is 2.02. The van der Waals surface area contributed by atoms with Crippen LogP contribution >= 0.6 is 0 Å². The molecule has 5 nitrogen and oxygen atoms in total. The van der Waals surface area contributed by atoms with Crippen molar-refractivity contribution in [2.75, 3.05) is 11.9 Å². The summed E-state index contributed by atoms with van der Waals surface area (Å²) in [4.78, 5) is 10.9. The van der Waals surface area contributed by atoms with Crippen LogP contribution in [-0.2, 0) is 0 Å². The quantitative estimate of drug-likeness (QED) is 0.808. The molecule has 1 aliphatic rings. The molecule has 1 aromatic heterocycles. The van der Waals surface area contributed by atoms with Crippen molar-refractivity contribution in [3.05, 3.63) is 17.8 Å². The Bertz CT molecular complexity index is 417. The molecule has 1 fully saturated rings. The SMILES string of the molecule is CC1(C)CC1CNc1nnccc1C(=O)O. The Labute approximate surface area is 93.9 Å². The van der Waals surface area contributed by atoms with Gasteiger partial charge >= 0.3 is 5.97 Å². The number of carboxylic acid groups (broad SMARTS) is 1. The van der Waals surface area contributed by atoms with Crippen molar-refractivity contribution in [3.8, 4) is 0 Å². The van der Waals surface area contributed by atoms with Crippen LogP contribution in [0.1, 0.15) is 30.6 Å². The number of aromatic carboxylic acids is 1. The molecular weight excluding hydrogens is 206 g/mol. The van der Waals surface area contributed by atoms with Crippen molar-refractivity contribution in [3.63, 3.8) is 0 Å². The molecule has 16 heavy (non-hydrogen) atoms. The van der Waals surface area contributed by atoms with Gasteiger partial charge in [0.25, 0.3) is 0 Å². The molecule has 1 saturated carbocycles. The van der Waals surface area contributed by atoms with Gasteiger partial charge in [0.2, 0.25) is 0 Å². The van der Waals surface area contributed by atoms with Gasteiger partial charge in [-0.05, 0) is 23.8 Å². The number of hydrogen-bond acceptors (Lipinski definition) is 4. The van der Waals surface area contributed by atoms with E-state index in [2.05, 4.69) is 29.4 Å².